The molecule has 0 saturated heterocycles. The van der Waals surface area contributed by atoms with Gasteiger partial charge in [0.05, 0.1) is 27.3 Å². The smallest absolute Gasteiger partial charge is 0.191 e. The average Bonchev–Trinajstić information content (AvgIpc) is 3.31. The van der Waals surface area contributed by atoms with E-state index in [1.807, 2.05) is 10.7 Å². The quantitative estimate of drug-likeness (QED) is 0.301. The fourth-order valence-electron chi connectivity index (χ4n) is 5.03. The number of ether oxygens (including phenoxy) is 2. The number of nitrogens with zero attached hydrogens (tertiary/aromatic N) is 4. The van der Waals surface area contributed by atoms with Crippen LogP contribution in [0.1, 0.15) is 56.8 Å². The summed E-state index contributed by atoms with van der Waals surface area (Å²) in [6.07, 6.45) is 9.63. The van der Waals surface area contributed by atoms with Crippen LogP contribution in [0.5, 0.6) is 11.5 Å². The molecule has 1 fully saturated rings. The van der Waals surface area contributed by atoms with Gasteiger partial charge in [-0.2, -0.15) is 5.10 Å². The van der Waals surface area contributed by atoms with E-state index in [9.17, 15) is 0 Å². The Morgan fingerprint density at radius 2 is 1.97 bits per heavy atom. The number of fused-ring (bicyclic) bond motifs is 1. The van der Waals surface area contributed by atoms with Crippen LogP contribution in [0.2, 0.25) is 0 Å². The Labute approximate surface area is 214 Å². The number of aromatic nitrogens is 3. The van der Waals surface area contributed by atoms with Gasteiger partial charge in [0.15, 0.2) is 17.5 Å². The summed E-state index contributed by atoms with van der Waals surface area (Å²) in [6.45, 7) is 4.51. The van der Waals surface area contributed by atoms with Crippen LogP contribution >= 0.6 is 24.0 Å². The zero-order chi connectivity index (χ0) is 22.4. The minimum Gasteiger partial charge on any atom is -0.493 e. The molecule has 182 valence electrons. The third-order valence-electron chi connectivity index (χ3n) is 6.84. The van der Waals surface area contributed by atoms with E-state index < -0.39 is 0 Å². The van der Waals surface area contributed by atoms with Gasteiger partial charge in [-0.25, -0.2) is 9.67 Å². The molecule has 1 saturated carbocycles. The van der Waals surface area contributed by atoms with Gasteiger partial charge in [0.1, 0.15) is 12.2 Å². The van der Waals surface area contributed by atoms with Gasteiger partial charge in [0, 0.05) is 24.4 Å². The monoisotopic (exact) mass is 568 g/mol. The van der Waals surface area contributed by atoms with Crippen LogP contribution in [0.3, 0.4) is 0 Å². The molecule has 1 atom stereocenters. The number of guanidine groups is 1. The van der Waals surface area contributed by atoms with E-state index in [0.29, 0.717) is 6.04 Å². The van der Waals surface area contributed by atoms with Crippen LogP contribution in [0, 0.1) is 0 Å². The van der Waals surface area contributed by atoms with Crippen molar-refractivity contribution in [3.05, 3.63) is 35.9 Å². The van der Waals surface area contributed by atoms with Gasteiger partial charge < -0.3 is 20.1 Å². The Morgan fingerprint density at radius 1 is 1.18 bits per heavy atom. The molecule has 1 aromatic heterocycles. The second-order valence-corrected chi connectivity index (χ2v) is 8.84. The van der Waals surface area contributed by atoms with Gasteiger partial charge in [-0.3, -0.25) is 4.99 Å². The Kier molecular flexibility index (Phi) is 9.22. The highest BCUT2D eigenvalue weighted by Gasteiger charge is 2.35. The maximum absolute atomic E-state index is 5.60. The van der Waals surface area contributed by atoms with Crippen LogP contribution in [0.25, 0.3) is 0 Å². The molecule has 4 rings (SSSR count). The summed E-state index contributed by atoms with van der Waals surface area (Å²) in [5, 5.41) is 11.4. The van der Waals surface area contributed by atoms with E-state index in [0.717, 1.165) is 68.6 Å². The summed E-state index contributed by atoms with van der Waals surface area (Å²) in [5.41, 5.74) is 1.31. The number of rotatable bonds is 7. The van der Waals surface area contributed by atoms with Crippen LogP contribution in [-0.4, -0.2) is 54.1 Å². The second kappa shape index (κ2) is 11.9. The van der Waals surface area contributed by atoms with Gasteiger partial charge in [0.25, 0.3) is 0 Å². The normalized spacial score (nSPS) is 19.7. The van der Waals surface area contributed by atoms with Gasteiger partial charge in [-0.15, -0.1) is 24.0 Å². The second-order valence-electron chi connectivity index (χ2n) is 8.84. The number of hydrogen-bond acceptors (Lipinski definition) is 5. The Bertz CT molecular complexity index is 925. The highest BCUT2D eigenvalue weighted by atomic mass is 127. The van der Waals surface area contributed by atoms with E-state index in [1.165, 1.54) is 24.8 Å². The number of aryl methyl sites for hydroxylation is 1. The summed E-state index contributed by atoms with van der Waals surface area (Å²) in [7, 11) is 3.38. The maximum atomic E-state index is 5.60. The summed E-state index contributed by atoms with van der Waals surface area (Å²) in [5.74, 6) is 3.51. The standard InChI is InChI=1S/C24H36N6O2.HI/c1-4-25-23(29-19-9-11-22-27-17-28-30(22)15-19)26-16-24(12-6-5-7-13-24)18-8-10-20(31-2)21(14-18)32-3;/h8,10,14,17,19H,4-7,9,11-13,15-16H2,1-3H3,(H2,25,26,29);1H. The van der Waals surface area contributed by atoms with E-state index >= 15 is 0 Å². The van der Waals surface area contributed by atoms with Gasteiger partial charge in [0.2, 0.25) is 0 Å². The molecule has 2 heterocycles. The summed E-state index contributed by atoms with van der Waals surface area (Å²) in [4.78, 5) is 9.43. The number of hydrogen-bond donors (Lipinski definition) is 2. The van der Waals surface area contributed by atoms with E-state index in [4.69, 9.17) is 14.5 Å². The first-order valence-corrected chi connectivity index (χ1v) is 11.8. The molecule has 0 bridgehead atoms. The molecule has 2 aromatic rings. The van der Waals surface area contributed by atoms with Crippen molar-refractivity contribution in [2.24, 2.45) is 4.99 Å². The predicted octanol–water partition coefficient (Wildman–Crippen LogP) is 3.69. The molecule has 1 aliphatic heterocycles. The van der Waals surface area contributed by atoms with Crippen LogP contribution in [0.15, 0.2) is 29.5 Å². The highest BCUT2D eigenvalue weighted by Crippen LogP contribution is 2.42. The Balaban J connectivity index is 0.00000306. The average molecular weight is 569 g/mol. The lowest BCUT2D eigenvalue weighted by molar-refractivity contribution is 0.297. The first kappa shape index (κ1) is 25.6. The molecule has 0 amide bonds. The van der Waals surface area contributed by atoms with Crippen molar-refractivity contribution in [1.29, 1.82) is 0 Å². The van der Waals surface area contributed by atoms with Crippen molar-refractivity contribution in [3.8, 4) is 11.5 Å². The van der Waals surface area contributed by atoms with Crippen molar-refractivity contribution in [2.75, 3.05) is 27.3 Å². The molecule has 1 unspecified atom stereocenters. The number of aliphatic imine (C=N–C) groups is 1. The van der Waals surface area contributed by atoms with Gasteiger partial charge >= 0.3 is 0 Å². The van der Waals surface area contributed by atoms with Crippen LogP contribution in [-0.2, 0) is 18.4 Å². The molecule has 1 aliphatic carbocycles. The lowest BCUT2D eigenvalue weighted by Gasteiger charge is -2.37. The fourth-order valence-corrected chi connectivity index (χ4v) is 5.03. The van der Waals surface area contributed by atoms with Crippen molar-refractivity contribution < 1.29 is 9.47 Å². The summed E-state index contributed by atoms with van der Waals surface area (Å²) < 4.78 is 13.1. The van der Waals surface area contributed by atoms with Gasteiger partial charge in [-0.05, 0) is 43.9 Å². The summed E-state index contributed by atoms with van der Waals surface area (Å²) in [6, 6.07) is 6.66. The molecule has 2 N–H and O–H groups in total. The largest absolute Gasteiger partial charge is 0.493 e. The first-order chi connectivity index (χ1) is 15.7. The van der Waals surface area contributed by atoms with Crippen molar-refractivity contribution in [1.82, 2.24) is 25.4 Å². The van der Waals surface area contributed by atoms with Gasteiger partial charge in [-0.1, -0.05) is 25.3 Å². The molecule has 2 aliphatic rings. The molecule has 8 nitrogen and oxygen atoms in total. The molecule has 0 spiro atoms. The minimum absolute atomic E-state index is 0. The highest BCUT2D eigenvalue weighted by molar-refractivity contribution is 14.0. The third-order valence-corrected chi connectivity index (χ3v) is 6.84. The maximum Gasteiger partial charge on any atom is 0.191 e. The lowest BCUT2D eigenvalue weighted by Crippen LogP contribution is -2.47. The molecule has 9 heteroatoms. The number of halogens is 1. The Morgan fingerprint density at radius 3 is 2.70 bits per heavy atom. The molecule has 0 radical (unpaired) electrons. The van der Waals surface area contributed by atoms with Crippen molar-refractivity contribution in [2.45, 2.75) is 69.9 Å². The number of methoxy groups -OCH3 is 2. The first-order valence-electron chi connectivity index (χ1n) is 11.8. The topological polar surface area (TPSA) is 85.6 Å². The van der Waals surface area contributed by atoms with E-state index in [1.54, 1.807) is 20.5 Å². The molecule has 33 heavy (non-hydrogen) atoms. The van der Waals surface area contributed by atoms with Crippen LogP contribution < -0.4 is 20.1 Å². The van der Waals surface area contributed by atoms with Crippen LogP contribution in [0.4, 0.5) is 0 Å². The fraction of sp³-hybridized carbons (Fsp3) is 0.625. The molecular weight excluding hydrogens is 531 g/mol. The number of nitrogens with one attached hydrogen (secondary N) is 2. The van der Waals surface area contributed by atoms with Crippen molar-refractivity contribution >= 4 is 29.9 Å². The summed E-state index contributed by atoms with van der Waals surface area (Å²) >= 11 is 0. The predicted molar refractivity (Wildman–Crippen MR) is 141 cm³/mol. The molecule has 1 aromatic carbocycles. The lowest BCUT2D eigenvalue weighted by atomic mass is 9.69. The molecular formula is C24H37IN6O2. The van der Waals surface area contributed by atoms with Crippen molar-refractivity contribution in [3.63, 3.8) is 0 Å². The Hall–Kier alpha value is -2.04. The van der Waals surface area contributed by atoms with E-state index in [-0.39, 0.29) is 29.4 Å². The zero-order valence-electron chi connectivity index (χ0n) is 20.0. The number of benzene rings is 1. The SMILES string of the molecule is CCNC(=NCC1(c2ccc(OC)c(OC)c2)CCCCC1)NC1CCc2ncnn2C1.I. The van der Waals surface area contributed by atoms with E-state index in [2.05, 4.69) is 39.8 Å². The third kappa shape index (κ3) is 5.91. The minimum atomic E-state index is 0. The zero-order valence-corrected chi connectivity index (χ0v) is 22.3.